The number of cyclic esters (lactones) is 1. The van der Waals surface area contributed by atoms with Gasteiger partial charge in [-0.25, -0.2) is 4.79 Å². The molecule has 2 amide bonds. The number of nitrogens with two attached hydrogens (primary N) is 1. The molecule has 2 aliphatic rings. The van der Waals surface area contributed by atoms with E-state index in [9.17, 15) is 14.7 Å². The van der Waals surface area contributed by atoms with Crippen molar-refractivity contribution in [3.05, 3.63) is 71.8 Å². The predicted octanol–water partition coefficient (Wildman–Crippen LogP) is 1.28. The molecule has 2 aromatic rings. The summed E-state index contributed by atoms with van der Waals surface area (Å²) in [5.41, 5.74) is 8.02. The van der Waals surface area contributed by atoms with Crippen LogP contribution in [-0.4, -0.2) is 58.2 Å². The number of β-lactam (4-membered cyclic amide) rings is 1. The maximum absolute atomic E-state index is 13.0. The summed E-state index contributed by atoms with van der Waals surface area (Å²) in [5.74, 6) is -0.183. The lowest BCUT2D eigenvalue weighted by molar-refractivity contribution is -0.161. The molecule has 0 bridgehead atoms. The first kappa shape index (κ1) is 18.5. The SMILES string of the molecule is N[C@@H](CO)[C@H]1[C@@H](N2C(=O)OC[C@H]2c2ccccc2)C(=O)N1Cc1ccccc1. The second-order valence-corrected chi connectivity index (χ2v) is 7.14. The lowest BCUT2D eigenvalue weighted by Gasteiger charge is -2.52. The summed E-state index contributed by atoms with van der Waals surface area (Å²) >= 11 is 0. The molecule has 3 N–H and O–H groups in total. The highest BCUT2D eigenvalue weighted by Crippen LogP contribution is 2.38. The van der Waals surface area contributed by atoms with Crippen LogP contribution in [0.3, 0.4) is 0 Å². The van der Waals surface area contributed by atoms with E-state index >= 15 is 0 Å². The number of carbonyl (C=O) groups is 2. The quantitative estimate of drug-likeness (QED) is 0.735. The first-order valence-electron chi connectivity index (χ1n) is 9.32. The van der Waals surface area contributed by atoms with Gasteiger partial charge in [0.25, 0.3) is 0 Å². The Morgan fingerprint density at radius 3 is 2.36 bits per heavy atom. The van der Waals surface area contributed by atoms with Gasteiger partial charge in [-0.05, 0) is 11.1 Å². The van der Waals surface area contributed by atoms with E-state index in [0.717, 1.165) is 11.1 Å². The van der Waals surface area contributed by atoms with E-state index in [1.54, 1.807) is 4.90 Å². The van der Waals surface area contributed by atoms with E-state index in [-0.39, 0.29) is 25.2 Å². The second-order valence-electron chi connectivity index (χ2n) is 7.14. The van der Waals surface area contributed by atoms with Gasteiger partial charge in [-0.2, -0.15) is 0 Å². The lowest BCUT2D eigenvalue weighted by Crippen LogP contribution is -2.75. The molecule has 28 heavy (non-hydrogen) atoms. The van der Waals surface area contributed by atoms with E-state index in [2.05, 4.69) is 0 Å². The molecule has 0 spiro atoms. The molecule has 2 saturated heterocycles. The number of likely N-dealkylation sites (tertiary alicyclic amines) is 1. The molecule has 0 radical (unpaired) electrons. The Bertz CT molecular complexity index is 845. The fourth-order valence-electron chi connectivity index (χ4n) is 4.04. The number of rotatable bonds is 6. The Kier molecular flexibility index (Phi) is 5.02. The van der Waals surface area contributed by atoms with Crippen LogP contribution in [0.5, 0.6) is 0 Å². The first-order chi connectivity index (χ1) is 13.6. The molecule has 2 heterocycles. The highest BCUT2D eigenvalue weighted by atomic mass is 16.6. The highest BCUT2D eigenvalue weighted by molar-refractivity contribution is 5.93. The Balaban J connectivity index is 1.62. The maximum Gasteiger partial charge on any atom is 0.411 e. The van der Waals surface area contributed by atoms with E-state index in [1.165, 1.54) is 4.90 Å². The highest BCUT2D eigenvalue weighted by Gasteiger charge is 2.57. The zero-order chi connectivity index (χ0) is 19.7. The molecular weight excluding hydrogens is 358 g/mol. The number of nitrogens with zero attached hydrogens (tertiary/aromatic N) is 2. The summed E-state index contributed by atoms with van der Waals surface area (Å²) in [7, 11) is 0. The molecule has 2 fully saturated rings. The Morgan fingerprint density at radius 1 is 1.07 bits per heavy atom. The lowest BCUT2D eigenvalue weighted by atomic mass is 9.86. The van der Waals surface area contributed by atoms with Crippen LogP contribution in [0.1, 0.15) is 17.2 Å². The van der Waals surface area contributed by atoms with Crippen molar-refractivity contribution in [2.24, 2.45) is 5.73 Å². The van der Waals surface area contributed by atoms with Crippen molar-refractivity contribution in [2.45, 2.75) is 30.7 Å². The van der Waals surface area contributed by atoms with Crippen LogP contribution in [0.4, 0.5) is 4.79 Å². The zero-order valence-electron chi connectivity index (χ0n) is 15.3. The van der Waals surface area contributed by atoms with Crippen LogP contribution in [-0.2, 0) is 16.1 Å². The molecule has 146 valence electrons. The van der Waals surface area contributed by atoms with Crippen molar-refractivity contribution < 1.29 is 19.4 Å². The number of carbonyl (C=O) groups excluding carboxylic acids is 2. The van der Waals surface area contributed by atoms with E-state index in [4.69, 9.17) is 10.5 Å². The average molecular weight is 381 g/mol. The van der Waals surface area contributed by atoms with E-state index < -0.39 is 24.2 Å². The monoisotopic (exact) mass is 381 g/mol. The van der Waals surface area contributed by atoms with Crippen molar-refractivity contribution in [1.82, 2.24) is 9.80 Å². The molecule has 0 aromatic heterocycles. The third-order valence-electron chi connectivity index (χ3n) is 5.46. The van der Waals surface area contributed by atoms with Crippen LogP contribution in [0.15, 0.2) is 60.7 Å². The predicted molar refractivity (Wildman–Crippen MR) is 102 cm³/mol. The summed E-state index contributed by atoms with van der Waals surface area (Å²) in [6.07, 6.45) is -0.526. The normalized spacial score (nSPS) is 25.4. The Labute approximate surface area is 163 Å². The first-order valence-corrected chi connectivity index (χ1v) is 9.32. The molecule has 0 unspecified atom stereocenters. The molecule has 7 nitrogen and oxygen atoms in total. The number of aliphatic hydroxyl groups is 1. The van der Waals surface area contributed by atoms with Gasteiger partial charge < -0.3 is 20.5 Å². The van der Waals surface area contributed by atoms with Gasteiger partial charge in [-0.15, -0.1) is 0 Å². The molecular formula is C21H23N3O4. The van der Waals surface area contributed by atoms with Gasteiger partial charge >= 0.3 is 6.09 Å². The summed E-state index contributed by atoms with van der Waals surface area (Å²) < 4.78 is 5.27. The summed E-state index contributed by atoms with van der Waals surface area (Å²) in [6, 6.07) is 16.8. The van der Waals surface area contributed by atoms with Gasteiger partial charge in [0.1, 0.15) is 12.6 Å². The maximum atomic E-state index is 13.0. The molecule has 7 heteroatoms. The van der Waals surface area contributed by atoms with Gasteiger partial charge in [0, 0.05) is 6.54 Å². The molecule has 0 saturated carbocycles. The second kappa shape index (κ2) is 7.61. The topological polar surface area (TPSA) is 96.1 Å². The smallest absolute Gasteiger partial charge is 0.411 e. The summed E-state index contributed by atoms with van der Waals surface area (Å²) in [6.45, 7) is 0.290. The van der Waals surface area contributed by atoms with Crippen LogP contribution in [0.2, 0.25) is 0 Å². The summed E-state index contributed by atoms with van der Waals surface area (Å²) in [5, 5.41) is 9.65. The fourth-order valence-corrected chi connectivity index (χ4v) is 4.04. The molecule has 2 aliphatic heterocycles. The number of hydrogen-bond donors (Lipinski definition) is 2. The van der Waals surface area contributed by atoms with Gasteiger partial charge in [0.2, 0.25) is 5.91 Å². The van der Waals surface area contributed by atoms with Crippen LogP contribution in [0.25, 0.3) is 0 Å². The van der Waals surface area contributed by atoms with Gasteiger partial charge in [-0.3, -0.25) is 9.69 Å². The number of hydrogen-bond acceptors (Lipinski definition) is 5. The third-order valence-corrected chi connectivity index (χ3v) is 5.46. The van der Waals surface area contributed by atoms with Crippen LogP contribution < -0.4 is 5.73 Å². The number of ether oxygens (including phenoxy) is 1. The number of benzene rings is 2. The minimum Gasteiger partial charge on any atom is -0.447 e. The van der Waals surface area contributed by atoms with Gasteiger partial charge in [-0.1, -0.05) is 60.7 Å². The van der Waals surface area contributed by atoms with Crippen molar-refractivity contribution in [2.75, 3.05) is 13.2 Å². The van der Waals surface area contributed by atoms with Crippen molar-refractivity contribution in [3.63, 3.8) is 0 Å². The van der Waals surface area contributed by atoms with Crippen molar-refractivity contribution in [1.29, 1.82) is 0 Å². The Morgan fingerprint density at radius 2 is 1.71 bits per heavy atom. The largest absolute Gasteiger partial charge is 0.447 e. The van der Waals surface area contributed by atoms with Gasteiger partial charge in [0.05, 0.1) is 24.7 Å². The standard InChI is InChI=1S/C21H23N3O4/c22-16(12-25)18-19(20(26)23(18)11-14-7-3-1-4-8-14)24-17(13-28-21(24)27)15-9-5-2-6-10-15/h1-10,16-19,25H,11-13,22H2/t16-,17-,18-,19+/m0/s1. The van der Waals surface area contributed by atoms with Crippen LogP contribution in [0, 0.1) is 0 Å². The molecule has 0 aliphatic carbocycles. The zero-order valence-corrected chi connectivity index (χ0v) is 15.3. The number of aliphatic hydroxyl groups excluding tert-OH is 1. The van der Waals surface area contributed by atoms with Gasteiger partial charge in [0.15, 0.2) is 0 Å². The molecule has 2 aromatic carbocycles. The molecule has 4 atom stereocenters. The number of amides is 2. The third kappa shape index (κ3) is 3.12. The van der Waals surface area contributed by atoms with E-state index in [0.29, 0.717) is 6.54 Å². The fraction of sp³-hybridized carbons (Fsp3) is 0.333. The minimum atomic E-state index is -0.744. The summed E-state index contributed by atoms with van der Waals surface area (Å²) in [4.78, 5) is 28.7. The van der Waals surface area contributed by atoms with Crippen LogP contribution >= 0.6 is 0 Å². The van der Waals surface area contributed by atoms with E-state index in [1.807, 2.05) is 60.7 Å². The molecule has 4 rings (SSSR count). The Hall–Kier alpha value is -2.90. The minimum absolute atomic E-state index is 0.183. The van der Waals surface area contributed by atoms with Crippen molar-refractivity contribution >= 4 is 12.0 Å². The average Bonchev–Trinajstić information content (AvgIpc) is 3.11. The van der Waals surface area contributed by atoms with Crippen molar-refractivity contribution in [3.8, 4) is 0 Å².